The molecule has 0 radical (unpaired) electrons. The summed E-state index contributed by atoms with van der Waals surface area (Å²) in [6.07, 6.45) is 11.7. The van der Waals surface area contributed by atoms with Gasteiger partial charge in [-0.3, -0.25) is 0 Å². The van der Waals surface area contributed by atoms with Crippen molar-refractivity contribution in [2.45, 2.75) is 20.3 Å². The molecule has 0 aromatic carbocycles. The minimum Gasteiger partial charge on any atom is -0.508 e. The van der Waals surface area contributed by atoms with Crippen LogP contribution in [-0.4, -0.2) is 5.11 Å². The zero-order chi connectivity index (χ0) is 9.97. The molecule has 0 aromatic rings. The maximum absolute atomic E-state index is 9.81. The Balaban J connectivity index is 2.34. The number of rotatable bonds is 0. The van der Waals surface area contributed by atoms with Crippen LogP contribution in [0.5, 0.6) is 0 Å². The molecule has 3 aliphatic carbocycles. The number of fused-ring (bicyclic) bond motifs is 1. The summed E-state index contributed by atoms with van der Waals surface area (Å²) in [5.41, 5.74) is 2.61. The molecule has 0 fully saturated rings. The van der Waals surface area contributed by atoms with Gasteiger partial charge < -0.3 is 5.11 Å². The van der Waals surface area contributed by atoms with E-state index in [1.54, 1.807) is 0 Å². The third kappa shape index (κ3) is 0.617. The van der Waals surface area contributed by atoms with Crippen LogP contribution in [-0.2, 0) is 0 Å². The van der Waals surface area contributed by atoms with Crippen molar-refractivity contribution in [2.24, 2.45) is 10.8 Å². The first kappa shape index (κ1) is 8.10. The lowest BCUT2D eigenvalue weighted by Crippen LogP contribution is -2.33. The Morgan fingerprint density at radius 3 is 2.86 bits per heavy atom. The van der Waals surface area contributed by atoms with E-state index in [0.717, 1.165) is 12.0 Å². The second-order valence-corrected chi connectivity index (χ2v) is 4.90. The molecular weight excluding hydrogens is 172 g/mol. The van der Waals surface area contributed by atoms with Crippen LogP contribution in [0.25, 0.3) is 0 Å². The Hall–Kier alpha value is -1.24. The second kappa shape index (κ2) is 2.05. The van der Waals surface area contributed by atoms with Gasteiger partial charge in [-0.2, -0.15) is 0 Å². The normalized spacial score (nSPS) is 36.3. The van der Waals surface area contributed by atoms with E-state index < -0.39 is 0 Å². The van der Waals surface area contributed by atoms with Crippen LogP contribution in [0.3, 0.4) is 0 Å². The van der Waals surface area contributed by atoms with Gasteiger partial charge in [0, 0.05) is 16.4 Å². The molecule has 1 heteroatoms. The fourth-order valence-corrected chi connectivity index (χ4v) is 3.08. The molecule has 1 unspecified atom stereocenters. The number of hydrogen-bond acceptors (Lipinski definition) is 1. The van der Waals surface area contributed by atoms with Gasteiger partial charge in [-0.05, 0) is 12.5 Å². The second-order valence-electron chi connectivity index (χ2n) is 4.90. The molecule has 0 aliphatic heterocycles. The van der Waals surface area contributed by atoms with Gasteiger partial charge in [0.1, 0.15) is 5.76 Å². The van der Waals surface area contributed by atoms with Crippen molar-refractivity contribution in [3.8, 4) is 0 Å². The highest BCUT2D eigenvalue weighted by atomic mass is 16.3. The van der Waals surface area contributed by atoms with E-state index in [1.807, 2.05) is 6.08 Å². The predicted octanol–water partition coefficient (Wildman–Crippen LogP) is 3.28. The van der Waals surface area contributed by atoms with E-state index in [2.05, 4.69) is 38.2 Å². The van der Waals surface area contributed by atoms with Gasteiger partial charge in [-0.25, -0.2) is 0 Å². The maximum Gasteiger partial charge on any atom is 0.119 e. The van der Waals surface area contributed by atoms with Crippen molar-refractivity contribution in [2.75, 3.05) is 0 Å². The first-order valence-corrected chi connectivity index (χ1v) is 5.10. The summed E-state index contributed by atoms with van der Waals surface area (Å²) in [6, 6.07) is 0. The highest BCUT2D eigenvalue weighted by molar-refractivity contribution is 5.59. The van der Waals surface area contributed by atoms with Crippen LogP contribution in [0.4, 0.5) is 0 Å². The van der Waals surface area contributed by atoms with E-state index in [1.165, 1.54) is 5.57 Å². The Morgan fingerprint density at radius 1 is 1.29 bits per heavy atom. The van der Waals surface area contributed by atoms with Crippen molar-refractivity contribution >= 4 is 0 Å². The molecule has 2 bridgehead atoms. The van der Waals surface area contributed by atoms with E-state index in [-0.39, 0.29) is 10.8 Å². The molecule has 3 rings (SSSR count). The fourth-order valence-electron chi connectivity index (χ4n) is 3.08. The van der Waals surface area contributed by atoms with Crippen LogP contribution in [0.2, 0.25) is 0 Å². The first-order chi connectivity index (χ1) is 6.58. The average molecular weight is 186 g/mol. The molecule has 14 heavy (non-hydrogen) atoms. The van der Waals surface area contributed by atoms with Crippen molar-refractivity contribution in [3.63, 3.8) is 0 Å². The Labute approximate surface area is 84.1 Å². The Bertz CT molecular complexity index is 432. The van der Waals surface area contributed by atoms with Gasteiger partial charge in [0.15, 0.2) is 0 Å². The van der Waals surface area contributed by atoms with Crippen molar-refractivity contribution < 1.29 is 5.11 Å². The first-order valence-electron chi connectivity index (χ1n) is 5.10. The summed E-state index contributed by atoms with van der Waals surface area (Å²) in [7, 11) is 0. The summed E-state index contributed by atoms with van der Waals surface area (Å²) < 4.78 is 0. The molecule has 0 heterocycles. The molecule has 0 aromatic heterocycles. The fraction of sp³-hybridized carbons (Fsp3) is 0.385. The third-order valence-electron chi connectivity index (χ3n) is 4.06. The highest BCUT2D eigenvalue weighted by Crippen LogP contribution is 2.63. The molecule has 72 valence electrons. The van der Waals surface area contributed by atoms with Crippen LogP contribution in [0.15, 0.2) is 47.3 Å². The predicted molar refractivity (Wildman–Crippen MR) is 56.8 cm³/mol. The van der Waals surface area contributed by atoms with Crippen LogP contribution < -0.4 is 0 Å². The maximum atomic E-state index is 9.81. The van der Waals surface area contributed by atoms with Crippen LogP contribution in [0.1, 0.15) is 20.3 Å². The van der Waals surface area contributed by atoms with Gasteiger partial charge in [0.25, 0.3) is 0 Å². The minimum absolute atomic E-state index is 0.0220. The van der Waals surface area contributed by atoms with E-state index in [9.17, 15) is 5.11 Å². The Morgan fingerprint density at radius 2 is 2.07 bits per heavy atom. The van der Waals surface area contributed by atoms with Gasteiger partial charge in [0.2, 0.25) is 0 Å². The zero-order valence-corrected chi connectivity index (χ0v) is 8.54. The van der Waals surface area contributed by atoms with Gasteiger partial charge in [-0.1, -0.05) is 43.7 Å². The summed E-state index contributed by atoms with van der Waals surface area (Å²) in [5, 5.41) is 9.81. The molecule has 0 saturated heterocycles. The molecule has 0 saturated carbocycles. The number of allylic oxidation sites excluding steroid dienone is 7. The standard InChI is InChI=1S/C13H14O/c1-12(2)10-8-9-4-3-6-13(9,12)7-5-11(10)14/h3,5-8,14H,4H2,1-2H3. The summed E-state index contributed by atoms with van der Waals surface area (Å²) in [5.74, 6) is 0.441. The lowest BCUT2D eigenvalue weighted by Gasteiger charge is -2.40. The SMILES string of the molecule is CC1(C)C2=C(O)C=CC13C=CCC3=C2. The zero-order valence-electron chi connectivity index (χ0n) is 8.54. The quantitative estimate of drug-likeness (QED) is 0.575. The topological polar surface area (TPSA) is 20.2 Å². The van der Waals surface area contributed by atoms with Crippen molar-refractivity contribution in [1.29, 1.82) is 0 Å². The highest BCUT2D eigenvalue weighted by Gasteiger charge is 2.53. The number of aliphatic hydroxyl groups is 1. The Kier molecular flexibility index (Phi) is 1.19. The molecule has 1 atom stereocenters. The van der Waals surface area contributed by atoms with Crippen molar-refractivity contribution in [3.05, 3.63) is 47.3 Å². The molecule has 1 nitrogen and oxygen atoms in total. The van der Waals surface area contributed by atoms with E-state index >= 15 is 0 Å². The van der Waals surface area contributed by atoms with Gasteiger partial charge in [0.05, 0.1) is 0 Å². The molecule has 0 amide bonds. The molecule has 3 aliphatic rings. The van der Waals surface area contributed by atoms with E-state index in [4.69, 9.17) is 0 Å². The summed E-state index contributed by atoms with van der Waals surface area (Å²) in [4.78, 5) is 0. The van der Waals surface area contributed by atoms with Gasteiger partial charge in [-0.15, -0.1) is 0 Å². The minimum atomic E-state index is 0.0220. The van der Waals surface area contributed by atoms with Crippen molar-refractivity contribution in [1.82, 2.24) is 0 Å². The lowest BCUT2D eigenvalue weighted by atomic mass is 9.62. The number of hydrogen-bond donors (Lipinski definition) is 1. The molecule has 1 spiro atoms. The van der Waals surface area contributed by atoms with Crippen LogP contribution >= 0.6 is 0 Å². The number of aliphatic hydroxyl groups excluding tert-OH is 1. The van der Waals surface area contributed by atoms with E-state index in [0.29, 0.717) is 5.76 Å². The lowest BCUT2D eigenvalue weighted by molar-refractivity contribution is 0.277. The molecular formula is C13H14O. The molecule has 1 N–H and O–H groups in total. The summed E-state index contributed by atoms with van der Waals surface area (Å²) >= 11 is 0. The third-order valence-corrected chi connectivity index (χ3v) is 4.06. The van der Waals surface area contributed by atoms with Crippen LogP contribution in [0, 0.1) is 10.8 Å². The summed E-state index contributed by atoms with van der Waals surface area (Å²) in [6.45, 7) is 4.42. The largest absolute Gasteiger partial charge is 0.508 e. The van der Waals surface area contributed by atoms with Gasteiger partial charge >= 0.3 is 0 Å². The monoisotopic (exact) mass is 186 g/mol. The average Bonchev–Trinajstić information content (AvgIpc) is 2.56. The smallest absolute Gasteiger partial charge is 0.119 e.